The fourth-order valence-corrected chi connectivity index (χ4v) is 8.66. The Labute approximate surface area is 284 Å². The molecule has 0 radical (unpaired) electrons. The smallest absolute Gasteiger partial charge is 0.165 e. The average molecular weight is 636 g/mol. The van der Waals surface area contributed by atoms with Crippen LogP contribution in [0.3, 0.4) is 0 Å². The molecule has 0 aliphatic carbocycles. The lowest BCUT2D eigenvalue weighted by atomic mass is 9.95. The van der Waals surface area contributed by atoms with Crippen LogP contribution in [0, 0.1) is 0 Å². The van der Waals surface area contributed by atoms with Crippen molar-refractivity contribution in [3.63, 3.8) is 0 Å². The zero-order valence-electron chi connectivity index (χ0n) is 26.7. The Morgan fingerprint density at radius 3 is 1.78 bits per heavy atom. The zero-order chi connectivity index (χ0) is 32.5. The van der Waals surface area contributed by atoms with Crippen molar-refractivity contribution in [1.29, 1.82) is 0 Å². The Morgan fingerprint density at radius 1 is 0.400 bits per heavy atom. The van der Waals surface area contributed by atoms with E-state index in [0.717, 1.165) is 66.5 Å². The molecule has 0 atom stereocenters. The number of hydrogen-bond donors (Lipinski definition) is 0. The van der Waals surface area contributed by atoms with Crippen molar-refractivity contribution in [3.8, 4) is 17.1 Å². The lowest BCUT2D eigenvalue weighted by Gasteiger charge is -2.16. The van der Waals surface area contributed by atoms with Crippen LogP contribution >= 0.6 is 0 Å². The van der Waals surface area contributed by atoms with Crippen molar-refractivity contribution in [3.05, 3.63) is 152 Å². The predicted octanol–water partition coefficient (Wildman–Crippen LogP) is 12.3. The highest BCUT2D eigenvalue weighted by atomic mass is 16.3. The molecule has 230 valence electrons. The van der Waals surface area contributed by atoms with Crippen LogP contribution in [-0.4, -0.2) is 14.5 Å². The van der Waals surface area contributed by atoms with E-state index in [-0.39, 0.29) is 0 Å². The largest absolute Gasteiger partial charge is 0.456 e. The maximum Gasteiger partial charge on any atom is 0.165 e. The van der Waals surface area contributed by atoms with Gasteiger partial charge in [0.15, 0.2) is 5.82 Å². The highest BCUT2D eigenvalue weighted by Gasteiger charge is 2.26. The van der Waals surface area contributed by atoms with Gasteiger partial charge in [-0.3, -0.25) is 4.57 Å². The van der Waals surface area contributed by atoms with Gasteiger partial charge in [-0.25, -0.2) is 9.97 Å². The van der Waals surface area contributed by atoms with E-state index in [0.29, 0.717) is 0 Å². The summed E-state index contributed by atoms with van der Waals surface area (Å²) >= 11 is 0. The molecule has 0 aliphatic rings. The van der Waals surface area contributed by atoms with E-state index >= 15 is 0 Å². The van der Waals surface area contributed by atoms with Crippen LogP contribution in [0.5, 0.6) is 0 Å². The second kappa shape index (κ2) is 9.43. The van der Waals surface area contributed by atoms with Gasteiger partial charge in [-0.05, 0) is 85.6 Å². The second-order valence-electron chi connectivity index (χ2n) is 13.3. The summed E-state index contributed by atoms with van der Waals surface area (Å²) in [6.07, 6.45) is 0. The van der Waals surface area contributed by atoms with Crippen molar-refractivity contribution in [2.24, 2.45) is 0 Å². The SMILES string of the molecule is c1ccc2c(c1)cc(-c1nc3ccccc3nc1-n1c3cccc4c5ccccc5c5cccc6oc7ccc1c(c7c65)c43)c1ccccc12. The molecule has 12 aromatic rings. The lowest BCUT2D eigenvalue weighted by Crippen LogP contribution is -2.04. The number of fused-ring (bicyclic) bond motifs is 7. The summed E-state index contributed by atoms with van der Waals surface area (Å²) in [5, 5.41) is 14.2. The molecule has 4 heteroatoms. The van der Waals surface area contributed by atoms with Crippen molar-refractivity contribution in [1.82, 2.24) is 14.5 Å². The van der Waals surface area contributed by atoms with Gasteiger partial charge in [0, 0.05) is 27.1 Å². The molecule has 3 heterocycles. The van der Waals surface area contributed by atoms with Crippen molar-refractivity contribution in [2.75, 3.05) is 0 Å². The summed E-state index contributed by atoms with van der Waals surface area (Å²) in [4.78, 5) is 11.0. The molecule has 0 saturated carbocycles. The van der Waals surface area contributed by atoms with Crippen LogP contribution in [0.25, 0.3) is 115 Å². The van der Waals surface area contributed by atoms with Gasteiger partial charge < -0.3 is 4.42 Å². The maximum absolute atomic E-state index is 6.61. The summed E-state index contributed by atoms with van der Waals surface area (Å²) < 4.78 is 8.96. The van der Waals surface area contributed by atoms with E-state index < -0.39 is 0 Å². The molecule has 50 heavy (non-hydrogen) atoms. The third-order valence-corrected chi connectivity index (χ3v) is 10.7. The fourth-order valence-electron chi connectivity index (χ4n) is 8.66. The van der Waals surface area contributed by atoms with Gasteiger partial charge in [0.1, 0.15) is 16.9 Å². The van der Waals surface area contributed by atoms with E-state index in [2.05, 4.69) is 144 Å². The van der Waals surface area contributed by atoms with E-state index in [1.54, 1.807) is 0 Å². The molecule has 12 rings (SSSR count). The first-order chi connectivity index (χ1) is 24.8. The molecule has 0 saturated heterocycles. The Morgan fingerprint density at radius 2 is 0.980 bits per heavy atom. The molecule has 0 unspecified atom stereocenters. The maximum atomic E-state index is 6.61. The third kappa shape index (κ3) is 3.30. The topological polar surface area (TPSA) is 43.9 Å². The Balaban J connectivity index is 1.34. The molecular weight excluding hydrogens is 611 g/mol. The molecule has 0 N–H and O–H groups in total. The number of rotatable bonds is 2. The molecule has 0 aliphatic heterocycles. The van der Waals surface area contributed by atoms with Crippen molar-refractivity contribution in [2.45, 2.75) is 0 Å². The molecule has 0 fully saturated rings. The summed E-state index contributed by atoms with van der Waals surface area (Å²) in [6.45, 7) is 0. The minimum absolute atomic E-state index is 0.807. The Kier molecular flexibility index (Phi) is 4.94. The molecule has 9 aromatic carbocycles. The fraction of sp³-hybridized carbons (Fsp3) is 0. The van der Waals surface area contributed by atoms with Crippen LogP contribution in [0.4, 0.5) is 0 Å². The summed E-state index contributed by atoms with van der Waals surface area (Å²) in [7, 11) is 0. The van der Waals surface area contributed by atoms with Gasteiger partial charge in [-0.15, -0.1) is 0 Å². The van der Waals surface area contributed by atoms with Gasteiger partial charge in [0.05, 0.1) is 22.1 Å². The number of benzene rings is 8. The van der Waals surface area contributed by atoms with Gasteiger partial charge in [0.2, 0.25) is 0 Å². The van der Waals surface area contributed by atoms with E-state index in [4.69, 9.17) is 14.4 Å². The number of hydrogen-bond acceptors (Lipinski definition) is 3. The van der Waals surface area contributed by atoms with Crippen LogP contribution in [0.1, 0.15) is 0 Å². The van der Waals surface area contributed by atoms with E-state index in [1.165, 1.54) is 48.5 Å². The quantitative estimate of drug-likeness (QED) is 0.178. The van der Waals surface area contributed by atoms with E-state index in [1.807, 2.05) is 12.1 Å². The van der Waals surface area contributed by atoms with Gasteiger partial charge in [0.25, 0.3) is 0 Å². The van der Waals surface area contributed by atoms with Crippen LogP contribution in [-0.2, 0) is 0 Å². The van der Waals surface area contributed by atoms with Crippen molar-refractivity contribution >= 4 is 97.9 Å². The van der Waals surface area contributed by atoms with Crippen LogP contribution in [0.15, 0.2) is 156 Å². The first-order valence-electron chi connectivity index (χ1n) is 17.0. The summed E-state index contributed by atoms with van der Waals surface area (Å²) in [5.41, 5.74) is 7.58. The average Bonchev–Trinajstić information content (AvgIpc) is 3.72. The molecular formula is C46H25N3O. The predicted molar refractivity (Wildman–Crippen MR) is 208 cm³/mol. The highest BCUT2D eigenvalue weighted by Crippen LogP contribution is 2.48. The van der Waals surface area contributed by atoms with Crippen LogP contribution < -0.4 is 0 Å². The van der Waals surface area contributed by atoms with Crippen molar-refractivity contribution < 1.29 is 4.42 Å². The minimum Gasteiger partial charge on any atom is -0.456 e. The third-order valence-electron chi connectivity index (χ3n) is 10.7. The number of para-hydroxylation sites is 2. The molecule has 0 spiro atoms. The molecule has 3 aromatic heterocycles. The minimum atomic E-state index is 0.807. The van der Waals surface area contributed by atoms with Crippen LogP contribution in [0.2, 0.25) is 0 Å². The second-order valence-corrected chi connectivity index (χ2v) is 13.3. The van der Waals surface area contributed by atoms with Gasteiger partial charge in [-0.1, -0.05) is 109 Å². The van der Waals surface area contributed by atoms with E-state index in [9.17, 15) is 0 Å². The Bertz CT molecular complexity index is 3390. The molecule has 0 bridgehead atoms. The standard InChI is InChI=1S/C46H25N3O/c1-2-12-27-26(11-1)25-34(31-16-6-3-13-28(27)31)45-46(48-36-20-8-7-19-35(36)47-45)49-37-21-9-17-32-29-14-4-5-15-30(29)33-18-10-22-39-42(33)44-40(50-39)24-23-38(49)43(44)41(32)37/h1-25H. The number of aromatic nitrogens is 3. The zero-order valence-corrected chi connectivity index (χ0v) is 26.7. The summed E-state index contributed by atoms with van der Waals surface area (Å²) in [5.74, 6) is 0.807. The van der Waals surface area contributed by atoms with Gasteiger partial charge >= 0.3 is 0 Å². The monoisotopic (exact) mass is 635 g/mol. The van der Waals surface area contributed by atoms with Gasteiger partial charge in [-0.2, -0.15) is 0 Å². The molecule has 0 amide bonds. The first kappa shape index (κ1) is 26.2. The first-order valence-corrected chi connectivity index (χ1v) is 17.0. The normalized spacial score (nSPS) is 12.4. The number of nitrogens with zero attached hydrogens (tertiary/aromatic N) is 3. The Hall–Kier alpha value is -6.78. The number of furan rings is 1. The highest BCUT2D eigenvalue weighted by molar-refractivity contribution is 6.38. The lowest BCUT2D eigenvalue weighted by molar-refractivity contribution is 0.669. The molecule has 4 nitrogen and oxygen atoms in total. The summed E-state index contributed by atoms with van der Waals surface area (Å²) in [6, 6.07) is 54.0.